The van der Waals surface area contributed by atoms with Crippen molar-refractivity contribution in [3.63, 3.8) is 0 Å². The van der Waals surface area contributed by atoms with Crippen LogP contribution < -0.4 is 0 Å². The van der Waals surface area contributed by atoms with Gasteiger partial charge in [0.25, 0.3) is 5.91 Å². The maximum Gasteiger partial charge on any atom is 0.255 e. The van der Waals surface area contributed by atoms with E-state index >= 15 is 0 Å². The number of carbonyl (C=O) groups is 2. The molecule has 1 unspecified atom stereocenters. The minimum Gasteiger partial charge on any atom is -0.342 e. The predicted octanol–water partition coefficient (Wildman–Crippen LogP) is 2.69. The molecule has 1 saturated heterocycles. The van der Waals surface area contributed by atoms with Gasteiger partial charge in [0.15, 0.2) is 0 Å². The summed E-state index contributed by atoms with van der Waals surface area (Å²) in [7, 11) is 1.80. The summed E-state index contributed by atoms with van der Waals surface area (Å²) in [6, 6.07) is 5.50. The van der Waals surface area contributed by atoms with Crippen molar-refractivity contribution in [1.29, 1.82) is 0 Å². The predicted molar refractivity (Wildman–Crippen MR) is 91.1 cm³/mol. The first kappa shape index (κ1) is 16.9. The van der Waals surface area contributed by atoms with E-state index in [1.54, 1.807) is 28.6 Å². The molecule has 1 aromatic carbocycles. The van der Waals surface area contributed by atoms with Gasteiger partial charge < -0.3 is 9.80 Å². The maximum atomic E-state index is 12.8. The van der Waals surface area contributed by atoms with Gasteiger partial charge in [0.1, 0.15) is 6.04 Å². The van der Waals surface area contributed by atoms with Gasteiger partial charge in [0.05, 0.1) is 5.88 Å². The third-order valence-corrected chi connectivity index (χ3v) is 5.32. The molecule has 1 fully saturated rings. The zero-order valence-corrected chi connectivity index (χ0v) is 14.7. The zero-order chi connectivity index (χ0) is 16.4. The SMILES string of the molecule is Cc1ccc(C(=O)N2CSCC2C(=O)N(C)C(C)C)cc1C. The highest BCUT2D eigenvalue weighted by Crippen LogP contribution is 2.25. The lowest BCUT2D eigenvalue weighted by molar-refractivity contribution is -0.135. The fourth-order valence-electron chi connectivity index (χ4n) is 2.38. The van der Waals surface area contributed by atoms with Gasteiger partial charge >= 0.3 is 0 Å². The highest BCUT2D eigenvalue weighted by molar-refractivity contribution is 7.99. The van der Waals surface area contributed by atoms with E-state index in [1.807, 2.05) is 45.9 Å². The van der Waals surface area contributed by atoms with E-state index in [0.717, 1.165) is 5.56 Å². The van der Waals surface area contributed by atoms with E-state index in [0.29, 0.717) is 17.2 Å². The molecule has 5 heteroatoms. The van der Waals surface area contributed by atoms with Crippen LogP contribution in [-0.4, -0.2) is 52.4 Å². The molecule has 1 aliphatic heterocycles. The molecule has 4 nitrogen and oxygen atoms in total. The van der Waals surface area contributed by atoms with E-state index in [1.165, 1.54) is 5.56 Å². The summed E-state index contributed by atoms with van der Waals surface area (Å²) in [6.07, 6.45) is 0. The second-order valence-electron chi connectivity index (χ2n) is 6.13. The Bertz CT molecular complexity index is 586. The third kappa shape index (κ3) is 3.29. The van der Waals surface area contributed by atoms with Crippen molar-refractivity contribution in [2.24, 2.45) is 0 Å². The molecule has 1 aromatic rings. The van der Waals surface area contributed by atoms with Crippen LogP contribution in [0.4, 0.5) is 0 Å². The number of hydrogen-bond acceptors (Lipinski definition) is 3. The highest BCUT2D eigenvalue weighted by Gasteiger charge is 2.37. The number of hydrogen-bond donors (Lipinski definition) is 0. The maximum absolute atomic E-state index is 12.8. The molecule has 120 valence electrons. The fraction of sp³-hybridized carbons (Fsp3) is 0.529. The van der Waals surface area contributed by atoms with Crippen LogP contribution in [0.25, 0.3) is 0 Å². The summed E-state index contributed by atoms with van der Waals surface area (Å²) < 4.78 is 0. The quantitative estimate of drug-likeness (QED) is 0.860. The van der Waals surface area contributed by atoms with Crippen LogP contribution >= 0.6 is 11.8 Å². The summed E-state index contributed by atoms with van der Waals surface area (Å²) in [5.41, 5.74) is 2.93. The monoisotopic (exact) mass is 320 g/mol. The van der Waals surface area contributed by atoms with Gasteiger partial charge in [-0.1, -0.05) is 6.07 Å². The van der Waals surface area contributed by atoms with Gasteiger partial charge in [-0.2, -0.15) is 0 Å². The molecule has 1 heterocycles. The normalized spacial score (nSPS) is 17.9. The Kier molecular flexibility index (Phi) is 5.16. The summed E-state index contributed by atoms with van der Waals surface area (Å²) in [6.45, 7) is 7.99. The highest BCUT2D eigenvalue weighted by atomic mass is 32.2. The average Bonchev–Trinajstić information content (AvgIpc) is 2.97. The number of benzene rings is 1. The average molecular weight is 320 g/mol. The van der Waals surface area contributed by atoms with Crippen molar-refractivity contribution >= 4 is 23.6 Å². The molecule has 22 heavy (non-hydrogen) atoms. The minimum atomic E-state index is -0.355. The molecule has 2 amide bonds. The molecule has 1 aliphatic rings. The Balaban J connectivity index is 2.21. The van der Waals surface area contributed by atoms with Gasteiger partial charge in [-0.05, 0) is 51.0 Å². The molecule has 0 aromatic heterocycles. The zero-order valence-electron chi connectivity index (χ0n) is 13.9. The van der Waals surface area contributed by atoms with E-state index in [2.05, 4.69) is 0 Å². The van der Waals surface area contributed by atoms with Crippen LogP contribution in [0.3, 0.4) is 0 Å². The first-order valence-corrected chi connectivity index (χ1v) is 8.71. The van der Waals surface area contributed by atoms with E-state index in [9.17, 15) is 9.59 Å². The van der Waals surface area contributed by atoms with Crippen molar-refractivity contribution in [2.45, 2.75) is 39.8 Å². The lowest BCUT2D eigenvalue weighted by atomic mass is 10.1. The summed E-state index contributed by atoms with van der Waals surface area (Å²) in [5.74, 6) is 1.22. The lowest BCUT2D eigenvalue weighted by Crippen LogP contribution is -2.49. The van der Waals surface area contributed by atoms with Crippen molar-refractivity contribution < 1.29 is 9.59 Å². The molecule has 0 N–H and O–H groups in total. The number of likely N-dealkylation sites (N-methyl/N-ethyl adjacent to an activating group) is 1. The standard InChI is InChI=1S/C17H24N2O2S/c1-11(2)18(5)17(21)15-9-22-10-19(15)16(20)14-7-6-12(3)13(4)8-14/h6-8,11,15H,9-10H2,1-5H3. The topological polar surface area (TPSA) is 40.6 Å². The number of amides is 2. The van der Waals surface area contributed by atoms with Crippen LogP contribution in [0, 0.1) is 13.8 Å². The number of rotatable bonds is 3. The molecule has 1 atom stereocenters. The number of aryl methyl sites for hydroxylation is 2. The van der Waals surface area contributed by atoms with E-state index in [4.69, 9.17) is 0 Å². The van der Waals surface area contributed by atoms with Gasteiger partial charge in [-0.3, -0.25) is 9.59 Å². The van der Waals surface area contributed by atoms with Crippen LogP contribution in [0.2, 0.25) is 0 Å². The molecule has 0 aliphatic carbocycles. The summed E-state index contributed by atoms with van der Waals surface area (Å²) in [4.78, 5) is 28.8. The second-order valence-corrected chi connectivity index (χ2v) is 7.13. The van der Waals surface area contributed by atoms with Crippen molar-refractivity contribution in [2.75, 3.05) is 18.7 Å². The number of nitrogens with zero attached hydrogens (tertiary/aromatic N) is 2. The Morgan fingerprint density at radius 3 is 2.55 bits per heavy atom. The van der Waals surface area contributed by atoms with E-state index in [-0.39, 0.29) is 23.9 Å². The first-order chi connectivity index (χ1) is 10.3. The van der Waals surface area contributed by atoms with E-state index < -0.39 is 0 Å². The molecule has 0 spiro atoms. The summed E-state index contributed by atoms with van der Waals surface area (Å²) >= 11 is 1.64. The second kappa shape index (κ2) is 6.73. The molecular weight excluding hydrogens is 296 g/mol. The largest absolute Gasteiger partial charge is 0.342 e. The smallest absolute Gasteiger partial charge is 0.255 e. The molecular formula is C17H24N2O2S. The number of thioether (sulfide) groups is 1. The molecule has 2 rings (SSSR count). The minimum absolute atomic E-state index is 0.0252. The third-order valence-electron chi connectivity index (χ3n) is 4.30. The summed E-state index contributed by atoms with van der Waals surface area (Å²) in [5, 5.41) is 0. The van der Waals surface area contributed by atoms with Gasteiger partial charge in [0.2, 0.25) is 5.91 Å². The van der Waals surface area contributed by atoms with Gasteiger partial charge in [0, 0.05) is 24.4 Å². The van der Waals surface area contributed by atoms with Gasteiger partial charge in [-0.25, -0.2) is 0 Å². The van der Waals surface area contributed by atoms with Crippen LogP contribution in [0.5, 0.6) is 0 Å². The molecule has 0 bridgehead atoms. The number of carbonyl (C=O) groups excluding carboxylic acids is 2. The fourth-order valence-corrected chi connectivity index (χ4v) is 3.52. The van der Waals surface area contributed by atoms with Crippen molar-refractivity contribution in [3.05, 3.63) is 34.9 Å². The Morgan fingerprint density at radius 1 is 1.27 bits per heavy atom. The van der Waals surface area contributed by atoms with Crippen molar-refractivity contribution in [1.82, 2.24) is 9.80 Å². The van der Waals surface area contributed by atoms with Gasteiger partial charge in [-0.15, -0.1) is 11.8 Å². The lowest BCUT2D eigenvalue weighted by Gasteiger charge is -2.29. The van der Waals surface area contributed by atoms with Crippen LogP contribution in [-0.2, 0) is 4.79 Å². The first-order valence-electron chi connectivity index (χ1n) is 7.55. The Morgan fingerprint density at radius 2 is 1.95 bits per heavy atom. The molecule has 0 saturated carbocycles. The van der Waals surface area contributed by atoms with Crippen molar-refractivity contribution in [3.8, 4) is 0 Å². The van der Waals surface area contributed by atoms with Crippen LogP contribution in [0.1, 0.15) is 35.3 Å². The molecule has 0 radical (unpaired) electrons. The Hall–Kier alpha value is -1.49. The Labute approximate surface area is 136 Å². The van der Waals surface area contributed by atoms with Crippen LogP contribution in [0.15, 0.2) is 18.2 Å².